The molecule has 0 spiro atoms. The molecule has 5 nitrogen and oxygen atoms in total. The molecule has 21 heavy (non-hydrogen) atoms. The molecule has 0 atom stereocenters. The van der Waals surface area contributed by atoms with Crippen LogP contribution in [0.1, 0.15) is 6.42 Å². The van der Waals surface area contributed by atoms with Crippen molar-refractivity contribution in [3.8, 4) is 0 Å². The van der Waals surface area contributed by atoms with Gasteiger partial charge in [0.15, 0.2) is 0 Å². The second-order valence-electron chi connectivity index (χ2n) is 4.51. The minimum absolute atomic E-state index is 0.260. The van der Waals surface area contributed by atoms with Crippen LogP contribution in [0, 0.1) is 4.91 Å². The van der Waals surface area contributed by atoms with Gasteiger partial charge in [-0.15, -0.1) is 4.91 Å². The van der Waals surface area contributed by atoms with Gasteiger partial charge in [0.05, 0.1) is 5.69 Å². The SMILES string of the molecule is O=NC(=O)N(C1=CC=C2CC=CC=C2O1)c1ccccc1. The molecule has 1 aromatic carbocycles. The summed E-state index contributed by atoms with van der Waals surface area (Å²) in [6.07, 6.45) is 10.1. The summed E-state index contributed by atoms with van der Waals surface area (Å²) in [5, 5.41) is 2.51. The fourth-order valence-corrected chi connectivity index (χ4v) is 2.20. The van der Waals surface area contributed by atoms with E-state index in [0.717, 1.165) is 16.9 Å². The van der Waals surface area contributed by atoms with E-state index >= 15 is 0 Å². The first-order valence-electron chi connectivity index (χ1n) is 6.48. The van der Waals surface area contributed by atoms with E-state index in [1.54, 1.807) is 30.3 Å². The molecular weight excluding hydrogens is 268 g/mol. The highest BCUT2D eigenvalue weighted by atomic mass is 16.5. The van der Waals surface area contributed by atoms with Gasteiger partial charge in [-0.25, -0.2) is 9.69 Å². The molecule has 5 heteroatoms. The number of ether oxygens (including phenoxy) is 1. The van der Waals surface area contributed by atoms with Gasteiger partial charge in [-0.1, -0.05) is 30.4 Å². The van der Waals surface area contributed by atoms with Crippen LogP contribution in [0.4, 0.5) is 10.5 Å². The lowest BCUT2D eigenvalue weighted by atomic mass is 10.0. The Morgan fingerprint density at radius 3 is 2.71 bits per heavy atom. The standard InChI is InChI=1S/C16H12N2O3/c19-16(17-20)18(13-7-2-1-3-8-13)15-11-10-12-6-4-5-9-14(12)21-15/h1-5,7-11H,6H2. The molecule has 1 aliphatic carbocycles. The fourth-order valence-electron chi connectivity index (χ4n) is 2.20. The summed E-state index contributed by atoms with van der Waals surface area (Å²) in [6, 6.07) is 7.87. The Morgan fingerprint density at radius 1 is 1.14 bits per heavy atom. The number of carbonyl (C=O) groups excluding carboxylic acids is 1. The van der Waals surface area contributed by atoms with Crippen LogP contribution in [0.3, 0.4) is 0 Å². The smallest absolute Gasteiger partial charge is 0.392 e. The average Bonchev–Trinajstić information content (AvgIpc) is 2.56. The van der Waals surface area contributed by atoms with Crippen LogP contribution in [0.25, 0.3) is 0 Å². The third-order valence-electron chi connectivity index (χ3n) is 3.18. The number of rotatable bonds is 2. The van der Waals surface area contributed by atoms with Gasteiger partial charge in [-0.2, -0.15) is 0 Å². The van der Waals surface area contributed by atoms with Crippen molar-refractivity contribution in [3.05, 3.63) is 82.8 Å². The van der Waals surface area contributed by atoms with E-state index in [9.17, 15) is 9.70 Å². The molecular formula is C16H12N2O3. The zero-order chi connectivity index (χ0) is 14.7. The van der Waals surface area contributed by atoms with Crippen molar-refractivity contribution in [2.75, 3.05) is 4.90 Å². The lowest BCUT2D eigenvalue weighted by molar-refractivity contribution is 0.245. The van der Waals surface area contributed by atoms with Crippen molar-refractivity contribution in [2.45, 2.75) is 6.42 Å². The number of fused-ring (bicyclic) bond motifs is 1. The van der Waals surface area contributed by atoms with Gasteiger partial charge in [0.25, 0.3) is 0 Å². The highest BCUT2D eigenvalue weighted by Crippen LogP contribution is 2.31. The molecule has 1 heterocycles. The third kappa shape index (κ3) is 2.53. The largest absolute Gasteiger partial charge is 0.440 e. The Morgan fingerprint density at radius 2 is 1.95 bits per heavy atom. The number of carbonyl (C=O) groups is 1. The minimum Gasteiger partial charge on any atom is -0.440 e. The predicted octanol–water partition coefficient (Wildman–Crippen LogP) is 4.02. The zero-order valence-corrected chi connectivity index (χ0v) is 11.1. The average molecular weight is 280 g/mol. The summed E-state index contributed by atoms with van der Waals surface area (Å²) in [6.45, 7) is 0. The summed E-state index contributed by atoms with van der Waals surface area (Å²) in [5.41, 5.74) is 1.55. The van der Waals surface area contributed by atoms with Crippen LogP contribution in [-0.2, 0) is 4.74 Å². The first kappa shape index (κ1) is 13.1. The molecule has 1 aromatic rings. The second-order valence-corrected chi connectivity index (χ2v) is 4.51. The molecule has 0 fully saturated rings. The van der Waals surface area contributed by atoms with E-state index in [0.29, 0.717) is 11.4 Å². The number of nitrogens with zero attached hydrogens (tertiary/aromatic N) is 2. The van der Waals surface area contributed by atoms with Crippen LogP contribution in [0.2, 0.25) is 0 Å². The molecule has 3 rings (SSSR count). The Bertz CT molecular complexity index is 699. The van der Waals surface area contributed by atoms with Crippen molar-refractivity contribution in [2.24, 2.45) is 5.18 Å². The van der Waals surface area contributed by atoms with Crippen LogP contribution in [-0.4, -0.2) is 6.03 Å². The quantitative estimate of drug-likeness (QED) is 0.769. The van der Waals surface area contributed by atoms with Gasteiger partial charge >= 0.3 is 6.03 Å². The maximum Gasteiger partial charge on any atom is 0.392 e. The summed E-state index contributed by atoms with van der Waals surface area (Å²) < 4.78 is 5.74. The molecule has 0 saturated heterocycles. The molecule has 0 unspecified atom stereocenters. The number of urea groups is 1. The van der Waals surface area contributed by atoms with E-state index in [1.807, 2.05) is 30.4 Å². The summed E-state index contributed by atoms with van der Waals surface area (Å²) in [5.74, 6) is 0.936. The van der Waals surface area contributed by atoms with Gasteiger partial charge < -0.3 is 4.74 Å². The highest BCUT2D eigenvalue weighted by molar-refractivity contribution is 5.95. The number of benzene rings is 1. The second kappa shape index (κ2) is 5.58. The lowest BCUT2D eigenvalue weighted by Gasteiger charge is -2.26. The van der Waals surface area contributed by atoms with E-state index < -0.39 is 6.03 Å². The van der Waals surface area contributed by atoms with Gasteiger partial charge in [-0.3, -0.25) is 0 Å². The normalized spacial score (nSPS) is 15.9. The first-order chi connectivity index (χ1) is 10.3. The predicted molar refractivity (Wildman–Crippen MR) is 79.2 cm³/mol. The van der Waals surface area contributed by atoms with E-state index in [1.165, 1.54) is 0 Å². The molecule has 0 saturated carbocycles. The summed E-state index contributed by atoms with van der Waals surface area (Å²) >= 11 is 0. The Labute approximate surface area is 121 Å². The number of para-hydroxylation sites is 1. The van der Waals surface area contributed by atoms with Crippen LogP contribution < -0.4 is 4.90 Å². The molecule has 0 radical (unpaired) electrons. The Kier molecular flexibility index (Phi) is 3.47. The summed E-state index contributed by atoms with van der Waals surface area (Å²) in [4.78, 5) is 23.7. The van der Waals surface area contributed by atoms with Crippen molar-refractivity contribution >= 4 is 11.7 Å². The van der Waals surface area contributed by atoms with Crippen LogP contribution in [0.15, 0.2) is 83.1 Å². The molecule has 0 N–H and O–H groups in total. The number of hydrogen-bond acceptors (Lipinski definition) is 3. The molecule has 104 valence electrons. The molecule has 0 aromatic heterocycles. The molecule has 1 aliphatic heterocycles. The van der Waals surface area contributed by atoms with E-state index in [-0.39, 0.29) is 5.88 Å². The van der Waals surface area contributed by atoms with Crippen LogP contribution in [0.5, 0.6) is 0 Å². The van der Waals surface area contributed by atoms with E-state index in [2.05, 4.69) is 5.18 Å². The van der Waals surface area contributed by atoms with Crippen LogP contribution >= 0.6 is 0 Å². The van der Waals surface area contributed by atoms with Gasteiger partial charge in [0, 0.05) is 5.18 Å². The Hall–Kier alpha value is -2.95. The van der Waals surface area contributed by atoms with Gasteiger partial charge in [0.1, 0.15) is 5.76 Å². The number of hydrogen-bond donors (Lipinski definition) is 0. The van der Waals surface area contributed by atoms with Crippen molar-refractivity contribution in [1.82, 2.24) is 0 Å². The minimum atomic E-state index is -0.920. The van der Waals surface area contributed by atoms with E-state index in [4.69, 9.17) is 4.74 Å². The number of allylic oxidation sites excluding steroid dienone is 6. The maximum absolute atomic E-state index is 11.8. The number of amides is 2. The lowest BCUT2D eigenvalue weighted by Crippen LogP contribution is -2.29. The summed E-state index contributed by atoms with van der Waals surface area (Å²) in [7, 11) is 0. The maximum atomic E-state index is 11.8. The molecule has 2 aliphatic rings. The monoisotopic (exact) mass is 280 g/mol. The zero-order valence-electron chi connectivity index (χ0n) is 11.1. The molecule has 0 bridgehead atoms. The van der Waals surface area contributed by atoms with Crippen molar-refractivity contribution in [3.63, 3.8) is 0 Å². The van der Waals surface area contributed by atoms with Gasteiger partial charge in [-0.05, 0) is 42.4 Å². The number of nitroso groups, excluding NO2 is 1. The third-order valence-corrected chi connectivity index (χ3v) is 3.18. The first-order valence-corrected chi connectivity index (χ1v) is 6.48. The van der Waals surface area contributed by atoms with Gasteiger partial charge in [0.2, 0.25) is 5.88 Å². The topological polar surface area (TPSA) is 59.0 Å². The number of anilines is 1. The highest BCUT2D eigenvalue weighted by Gasteiger charge is 2.26. The van der Waals surface area contributed by atoms with Crippen molar-refractivity contribution in [1.29, 1.82) is 0 Å². The fraction of sp³-hybridized carbons (Fsp3) is 0.0625. The molecule has 2 amide bonds. The Balaban J connectivity index is 1.99. The van der Waals surface area contributed by atoms with Crippen molar-refractivity contribution < 1.29 is 9.53 Å².